The van der Waals surface area contributed by atoms with Crippen LogP contribution in [0.15, 0.2) is 59.1 Å². The number of rotatable bonds is 3. The summed E-state index contributed by atoms with van der Waals surface area (Å²) in [6, 6.07) is 13.9. The standard InChI is InChI=1S/C17H11Cl2NO2/c18-13-5-3-12(4-6-13)16-10-20-17(22-16)15(19)9-11-1-7-14(21)8-2-11/h1-10,21H/b15-9-. The van der Waals surface area contributed by atoms with Gasteiger partial charge < -0.3 is 9.52 Å². The second-order valence-electron chi connectivity index (χ2n) is 4.62. The van der Waals surface area contributed by atoms with Crippen molar-refractivity contribution in [2.45, 2.75) is 0 Å². The molecule has 0 radical (unpaired) electrons. The largest absolute Gasteiger partial charge is 0.508 e. The first-order valence-corrected chi connectivity index (χ1v) is 7.26. The Morgan fingerprint density at radius 2 is 1.73 bits per heavy atom. The second-order valence-corrected chi connectivity index (χ2v) is 5.46. The van der Waals surface area contributed by atoms with Crippen molar-refractivity contribution >= 4 is 34.3 Å². The average Bonchev–Trinajstić information content (AvgIpc) is 3.00. The van der Waals surface area contributed by atoms with Gasteiger partial charge in [-0.3, -0.25) is 0 Å². The van der Waals surface area contributed by atoms with Crippen molar-refractivity contribution in [3.05, 3.63) is 71.2 Å². The Morgan fingerprint density at radius 1 is 1.05 bits per heavy atom. The molecule has 0 aliphatic heterocycles. The molecule has 0 aliphatic carbocycles. The lowest BCUT2D eigenvalue weighted by molar-refractivity contribution is 0.475. The van der Waals surface area contributed by atoms with E-state index in [1.165, 1.54) is 0 Å². The van der Waals surface area contributed by atoms with E-state index < -0.39 is 0 Å². The highest BCUT2D eigenvalue weighted by molar-refractivity contribution is 6.50. The highest BCUT2D eigenvalue weighted by Crippen LogP contribution is 2.28. The SMILES string of the molecule is Oc1ccc(/C=C(\Cl)c2ncc(-c3ccc(Cl)cc3)o2)cc1. The van der Waals surface area contributed by atoms with Gasteiger partial charge in [0.15, 0.2) is 5.76 Å². The Morgan fingerprint density at radius 3 is 2.41 bits per heavy atom. The third-order valence-corrected chi connectivity index (χ3v) is 3.55. The molecule has 0 atom stereocenters. The van der Waals surface area contributed by atoms with E-state index in [1.807, 2.05) is 12.1 Å². The van der Waals surface area contributed by atoms with Crippen LogP contribution in [0.25, 0.3) is 22.4 Å². The van der Waals surface area contributed by atoms with Gasteiger partial charge in [0, 0.05) is 10.6 Å². The Balaban J connectivity index is 1.86. The first kappa shape index (κ1) is 14.7. The summed E-state index contributed by atoms with van der Waals surface area (Å²) in [7, 11) is 0. The van der Waals surface area contributed by atoms with Crippen LogP contribution in [0.3, 0.4) is 0 Å². The second kappa shape index (κ2) is 6.26. The summed E-state index contributed by atoms with van der Waals surface area (Å²) >= 11 is 12.1. The van der Waals surface area contributed by atoms with Crippen LogP contribution >= 0.6 is 23.2 Å². The van der Waals surface area contributed by atoms with E-state index in [-0.39, 0.29) is 5.75 Å². The van der Waals surface area contributed by atoms with Crippen LogP contribution in [-0.2, 0) is 0 Å². The molecule has 3 rings (SSSR count). The molecule has 0 spiro atoms. The molecule has 1 heterocycles. The number of halogens is 2. The molecule has 3 nitrogen and oxygen atoms in total. The van der Waals surface area contributed by atoms with Crippen LogP contribution in [0.5, 0.6) is 5.75 Å². The molecule has 0 fully saturated rings. The predicted octanol–water partition coefficient (Wildman–Crippen LogP) is 5.44. The van der Waals surface area contributed by atoms with E-state index in [1.54, 1.807) is 48.7 Å². The molecule has 1 aromatic heterocycles. The van der Waals surface area contributed by atoms with Crippen LogP contribution in [0.2, 0.25) is 5.02 Å². The smallest absolute Gasteiger partial charge is 0.238 e. The van der Waals surface area contributed by atoms with E-state index in [0.717, 1.165) is 11.1 Å². The molecule has 22 heavy (non-hydrogen) atoms. The number of aromatic nitrogens is 1. The van der Waals surface area contributed by atoms with Crippen LogP contribution in [0.1, 0.15) is 11.5 Å². The van der Waals surface area contributed by atoms with Crippen molar-refractivity contribution in [3.8, 4) is 17.1 Å². The minimum atomic E-state index is 0.203. The molecule has 5 heteroatoms. The predicted molar refractivity (Wildman–Crippen MR) is 88.8 cm³/mol. The minimum absolute atomic E-state index is 0.203. The molecule has 0 unspecified atom stereocenters. The van der Waals surface area contributed by atoms with Crippen molar-refractivity contribution in [2.24, 2.45) is 0 Å². The number of phenols is 1. The molecule has 3 aromatic rings. The van der Waals surface area contributed by atoms with Gasteiger partial charge >= 0.3 is 0 Å². The van der Waals surface area contributed by atoms with E-state index in [4.69, 9.17) is 27.6 Å². The van der Waals surface area contributed by atoms with Gasteiger partial charge in [0.05, 0.1) is 6.20 Å². The third kappa shape index (κ3) is 3.32. The Labute approximate surface area is 137 Å². The Bertz CT molecular complexity index is 805. The van der Waals surface area contributed by atoms with Gasteiger partial charge in [-0.2, -0.15) is 0 Å². The zero-order chi connectivity index (χ0) is 15.5. The van der Waals surface area contributed by atoms with Crippen molar-refractivity contribution in [1.82, 2.24) is 4.98 Å². The fraction of sp³-hybridized carbons (Fsp3) is 0. The maximum Gasteiger partial charge on any atom is 0.238 e. The number of nitrogens with zero attached hydrogens (tertiary/aromatic N) is 1. The normalized spacial score (nSPS) is 11.6. The van der Waals surface area contributed by atoms with Crippen LogP contribution in [-0.4, -0.2) is 10.1 Å². The molecule has 0 aliphatic rings. The van der Waals surface area contributed by atoms with Crippen LogP contribution in [0.4, 0.5) is 0 Å². The number of hydrogen-bond acceptors (Lipinski definition) is 3. The summed E-state index contributed by atoms with van der Waals surface area (Å²) in [6.07, 6.45) is 3.34. The maximum atomic E-state index is 9.26. The zero-order valence-corrected chi connectivity index (χ0v) is 12.8. The maximum absolute atomic E-state index is 9.26. The highest BCUT2D eigenvalue weighted by atomic mass is 35.5. The average molecular weight is 332 g/mol. The molecule has 1 N–H and O–H groups in total. The summed E-state index contributed by atoms with van der Waals surface area (Å²) in [6.45, 7) is 0. The fourth-order valence-electron chi connectivity index (χ4n) is 1.91. The zero-order valence-electron chi connectivity index (χ0n) is 11.3. The summed E-state index contributed by atoms with van der Waals surface area (Å²) in [4.78, 5) is 4.18. The summed E-state index contributed by atoms with van der Waals surface area (Å²) < 4.78 is 5.66. The summed E-state index contributed by atoms with van der Waals surface area (Å²) in [5.41, 5.74) is 1.71. The molecular formula is C17H11Cl2NO2. The quantitative estimate of drug-likeness (QED) is 0.695. The van der Waals surface area contributed by atoms with Gasteiger partial charge in [-0.15, -0.1) is 0 Å². The summed E-state index contributed by atoms with van der Waals surface area (Å²) in [5.74, 6) is 1.15. The monoisotopic (exact) mass is 331 g/mol. The van der Waals surface area contributed by atoms with Crippen LogP contribution in [0, 0.1) is 0 Å². The molecule has 0 saturated carbocycles. The van der Waals surface area contributed by atoms with Gasteiger partial charge in [0.2, 0.25) is 5.89 Å². The molecule has 0 bridgehead atoms. The van der Waals surface area contributed by atoms with E-state index in [2.05, 4.69) is 4.98 Å². The molecule has 2 aromatic carbocycles. The summed E-state index contributed by atoms with van der Waals surface area (Å²) in [5, 5.41) is 10.3. The van der Waals surface area contributed by atoms with Gasteiger partial charge in [0.1, 0.15) is 10.8 Å². The van der Waals surface area contributed by atoms with E-state index in [9.17, 15) is 5.11 Å². The number of aromatic hydroxyl groups is 1. The lowest BCUT2D eigenvalue weighted by Gasteiger charge is -1.97. The Kier molecular flexibility index (Phi) is 4.18. The van der Waals surface area contributed by atoms with Crippen molar-refractivity contribution < 1.29 is 9.52 Å². The van der Waals surface area contributed by atoms with E-state index in [0.29, 0.717) is 21.7 Å². The molecule has 110 valence electrons. The lowest BCUT2D eigenvalue weighted by Crippen LogP contribution is -1.77. The van der Waals surface area contributed by atoms with Gasteiger partial charge in [0.25, 0.3) is 0 Å². The van der Waals surface area contributed by atoms with E-state index >= 15 is 0 Å². The number of hydrogen-bond donors (Lipinski definition) is 1. The minimum Gasteiger partial charge on any atom is -0.508 e. The first-order chi connectivity index (χ1) is 10.6. The number of phenolic OH excluding ortho intramolecular Hbond substituents is 1. The third-order valence-electron chi connectivity index (χ3n) is 3.03. The lowest BCUT2D eigenvalue weighted by atomic mass is 10.2. The number of benzene rings is 2. The number of oxazole rings is 1. The highest BCUT2D eigenvalue weighted by Gasteiger charge is 2.09. The van der Waals surface area contributed by atoms with Gasteiger partial charge in [-0.05, 0) is 48.0 Å². The molecular weight excluding hydrogens is 321 g/mol. The van der Waals surface area contributed by atoms with Crippen LogP contribution < -0.4 is 0 Å². The Hall–Kier alpha value is -2.23. The molecule has 0 saturated heterocycles. The first-order valence-electron chi connectivity index (χ1n) is 6.50. The van der Waals surface area contributed by atoms with Crippen molar-refractivity contribution in [1.29, 1.82) is 0 Å². The fourth-order valence-corrected chi connectivity index (χ4v) is 2.25. The molecule has 0 amide bonds. The van der Waals surface area contributed by atoms with Gasteiger partial charge in [-0.1, -0.05) is 35.3 Å². The van der Waals surface area contributed by atoms with Crippen molar-refractivity contribution in [3.63, 3.8) is 0 Å². The van der Waals surface area contributed by atoms with Gasteiger partial charge in [-0.25, -0.2) is 4.98 Å². The topological polar surface area (TPSA) is 46.3 Å². The van der Waals surface area contributed by atoms with Crippen molar-refractivity contribution in [2.75, 3.05) is 0 Å².